The number of carbonyl (C=O) groups excluding carboxylic acids is 3. The maximum Gasteiger partial charge on any atom is 0.282 e. The molecule has 25 heavy (non-hydrogen) atoms. The molecule has 3 rings (SSSR count). The summed E-state index contributed by atoms with van der Waals surface area (Å²) in [7, 11) is 0. The van der Waals surface area contributed by atoms with Crippen molar-refractivity contribution in [2.75, 3.05) is 13.1 Å². The van der Waals surface area contributed by atoms with Gasteiger partial charge in [0.2, 0.25) is 5.91 Å². The van der Waals surface area contributed by atoms with Gasteiger partial charge in [-0.1, -0.05) is 13.0 Å². The lowest BCUT2D eigenvalue weighted by Crippen LogP contribution is -2.48. The summed E-state index contributed by atoms with van der Waals surface area (Å²) in [5, 5.41) is 11.1. The molecule has 1 aromatic rings. The molecule has 0 N–H and O–H groups in total. The zero-order valence-corrected chi connectivity index (χ0v) is 13.9. The van der Waals surface area contributed by atoms with Gasteiger partial charge >= 0.3 is 0 Å². The third-order valence-electron chi connectivity index (χ3n) is 4.89. The molecule has 0 aromatic heterocycles. The minimum absolute atomic E-state index is 0.0160. The van der Waals surface area contributed by atoms with Crippen LogP contribution in [0.25, 0.3) is 0 Å². The Morgan fingerprint density at radius 2 is 2.04 bits per heavy atom. The second kappa shape index (κ2) is 6.62. The Balaban J connectivity index is 1.84. The number of imide groups is 1. The van der Waals surface area contributed by atoms with Crippen LogP contribution in [-0.2, 0) is 4.79 Å². The van der Waals surface area contributed by atoms with Crippen molar-refractivity contribution in [3.63, 3.8) is 0 Å². The number of carbonyl (C=O) groups is 3. The van der Waals surface area contributed by atoms with Crippen LogP contribution in [0.2, 0.25) is 0 Å². The Morgan fingerprint density at radius 1 is 1.28 bits per heavy atom. The number of likely N-dealkylation sites (tertiary alicyclic amines) is 1. The molecule has 0 radical (unpaired) electrons. The standard InChI is InChI=1S/C17H19N3O5/c1-2-11-6-3-4-9-18(11)14(21)10-19-16(22)12-7-5-8-13(20(24)25)15(12)17(19)23/h5,7-8,11H,2-4,6,9-10H2,1H3/t11-/m0/s1. The lowest BCUT2D eigenvalue weighted by atomic mass is 10.00. The molecule has 1 fully saturated rings. The maximum atomic E-state index is 12.6. The molecule has 1 atom stereocenters. The molecule has 0 spiro atoms. The van der Waals surface area contributed by atoms with Crippen LogP contribution < -0.4 is 0 Å². The van der Waals surface area contributed by atoms with Crippen molar-refractivity contribution in [3.05, 3.63) is 39.4 Å². The number of hydrogen-bond acceptors (Lipinski definition) is 5. The zero-order chi connectivity index (χ0) is 18.1. The summed E-state index contributed by atoms with van der Waals surface area (Å²) < 4.78 is 0. The van der Waals surface area contributed by atoms with Crippen LogP contribution in [0.4, 0.5) is 5.69 Å². The summed E-state index contributed by atoms with van der Waals surface area (Å²) >= 11 is 0. The van der Waals surface area contributed by atoms with E-state index in [1.54, 1.807) is 4.90 Å². The van der Waals surface area contributed by atoms with Crippen LogP contribution in [-0.4, -0.2) is 51.6 Å². The SMILES string of the molecule is CC[C@H]1CCCCN1C(=O)CN1C(=O)c2cccc([N+](=O)[O-])c2C1=O. The molecule has 8 nitrogen and oxygen atoms in total. The minimum Gasteiger partial charge on any atom is -0.338 e. The van der Waals surface area contributed by atoms with Gasteiger partial charge in [0.25, 0.3) is 17.5 Å². The van der Waals surface area contributed by atoms with E-state index in [0.717, 1.165) is 30.6 Å². The highest BCUT2D eigenvalue weighted by molar-refractivity contribution is 6.24. The van der Waals surface area contributed by atoms with E-state index in [-0.39, 0.29) is 29.6 Å². The molecule has 1 aromatic carbocycles. The molecule has 3 amide bonds. The van der Waals surface area contributed by atoms with Crippen LogP contribution in [0, 0.1) is 10.1 Å². The highest BCUT2D eigenvalue weighted by atomic mass is 16.6. The van der Waals surface area contributed by atoms with Crippen LogP contribution in [0.15, 0.2) is 18.2 Å². The Kier molecular flexibility index (Phi) is 4.52. The van der Waals surface area contributed by atoms with Crippen molar-refractivity contribution in [1.82, 2.24) is 9.80 Å². The second-order valence-electron chi connectivity index (χ2n) is 6.30. The normalized spacial score (nSPS) is 20.0. The highest BCUT2D eigenvalue weighted by Gasteiger charge is 2.42. The smallest absolute Gasteiger partial charge is 0.282 e. The number of amides is 3. The molecular formula is C17H19N3O5. The van der Waals surface area contributed by atoms with Crippen molar-refractivity contribution in [1.29, 1.82) is 0 Å². The summed E-state index contributed by atoms with van der Waals surface area (Å²) in [6.45, 7) is 2.24. The summed E-state index contributed by atoms with van der Waals surface area (Å²) in [4.78, 5) is 50.6. The zero-order valence-electron chi connectivity index (χ0n) is 13.9. The first-order chi connectivity index (χ1) is 12.0. The number of rotatable bonds is 4. The molecule has 0 aliphatic carbocycles. The number of hydrogen-bond donors (Lipinski definition) is 0. The largest absolute Gasteiger partial charge is 0.338 e. The monoisotopic (exact) mass is 345 g/mol. The van der Waals surface area contributed by atoms with Gasteiger partial charge in [0.05, 0.1) is 10.5 Å². The third-order valence-corrected chi connectivity index (χ3v) is 4.89. The fraction of sp³-hybridized carbons (Fsp3) is 0.471. The second-order valence-corrected chi connectivity index (χ2v) is 6.30. The summed E-state index contributed by atoms with van der Waals surface area (Å²) in [6.07, 6.45) is 3.69. The fourth-order valence-corrected chi connectivity index (χ4v) is 3.59. The third kappa shape index (κ3) is 2.88. The average Bonchev–Trinajstić information content (AvgIpc) is 2.86. The van der Waals surface area contributed by atoms with Crippen molar-refractivity contribution in [3.8, 4) is 0 Å². The number of piperidine rings is 1. The van der Waals surface area contributed by atoms with Gasteiger partial charge in [0.1, 0.15) is 12.1 Å². The van der Waals surface area contributed by atoms with Crippen LogP contribution in [0.1, 0.15) is 53.3 Å². The van der Waals surface area contributed by atoms with Gasteiger partial charge in [0.15, 0.2) is 0 Å². The maximum absolute atomic E-state index is 12.6. The predicted molar refractivity (Wildman–Crippen MR) is 88.1 cm³/mol. The number of benzene rings is 1. The van der Waals surface area contributed by atoms with Gasteiger partial charge < -0.3 is 4.90 Å². The van der Waals surface area contributed by atoms with Gasteiger partial charge in [-0.3, -0.25) is 29.4 Å². The fourth-order valence-electron chi connectivity index (χ4n) is 3.59. The van der Waals surface area contributed by atoms with Crippen molar-refractivity contribution in [2.24, 2.45) is 0 Å². The number of fused-ring (bicyclic) bond motifs is 1. The van der Waals surface area contributed by atoms with E-state index in [0.29, 0.717) is 6.54 Å². The molecule has 2 aliphatic rings. The Hall–Kier alpha value is -2.77. The first kappa shape index (κ1) is 17.1. The number of nitro benzene ring substituents is 1. The Labute approximate surface area is 144 Å². The molecule has 0 unspecified atom stereocenters. The van der Waals surface area contributed by atoms with Crippen molar-refractivity contribution < 1.29 is 19.3 Å². The highest BCUT2D eigenvalue weighted by Crippen LogP contribution is 2.31. The van der Waals surface area contributed by atoms with E-state index in [9.17, 15) is 24.5 Å². The first-order valence-corrected chi connectivity index (χ1v) is 8.38. The minimum atomic E-state index is -0.772. The number of nitrogens with zero attached hydrogens (tertiary/aromatic N) is 3. The van der Waals surface area contributed by atoms with E-state index in [1.807, 2.05) is 6.92 Å². The lowest BCUT2D eigenvalue weighted by molar-refractivity contribution is -0.385. The van der Waals surface area contributed by atoms with E-state index in [2.05, 4.69) is 0 Å². The Morgan fingerprint density at radius 3 is 2.72 bits per heavy atom. The molecule has 2 heterocycles. The van der Waals surface area contributed by atoms with Gasteiger partial charge in [-0.15, -0.1) is 0 Å². The summed E-state index contributed by atoms with van der Waals surface area (Å²) in [5.74, 6) is -1.71. The predicted octanol–water partition coefficient (Wildman–Crippen LogP) is 1.98. The van der Waals surface area contributed by atoms with Crippen LogP contribution in [0.5, 0.6) is 0 Å². The van der Waals surface area contributed by atoms with Gasteiger partial charge in [0, 0.05) is 18.7 Å². The molecule has 132 valence electrons. The van der Waals surface area contributed by atoms with E-state index >= 15 is 0 Å². The molecular weight excluding hydrogens is 326 g/mol. The average molecular weight is 345 g/mol. The summed E-state index contributed by atoms with van der Waals surface area (Å²) in [5.41, 5.74) is -0.649. The van der Waals surface area contributed by atoms with E-state index in [4.69, 9.17) is 0 Å². The topological polar surface area (TPSA) is 101 Å². The molecule has 0 saturated carbocycles. The first-order valence-electron chi connectivity index (χ1n) is 8.38. The quantitative estimate of drug-likeness (QED) is 0.472. The van der Waals surface area contributed by atoms with E-state index in [1.165, 1.54) is 18.2 Å². The molecule has 0 bridgehead atoms. The van der Waals surface area contributed by atoms with Crippen LogP contribution >= 0.6 is 0 Å². The molecule has 1 saturated heterocycles. The van der Waals surface area contributed by atoms with Gasteiger partial charge in [-0.25, -0.2) is 0 Å². The Bertz CT molecular complexity index is 761. The number of nitro groups is 1. The van der Waals surface area contributed by atoms with Crippen molar-refractivity contribution in [2.45, 2.75) is 38.6 Å². The lowest BCUT2D eigenvalue weighted by Gasteiger charge is -2.36. The summed E-state index contributed by atoms with van der Waals surface area (Å²) in [6, 6.07) is 4.05. The van der Waals surface area contributed by atoms with Gasteiger partial charge in [-0.2, -0.15) is 0 Å². The molecule has 8 heteroatoms. The van der Waals surface area contributed by atoms with E-state index < -0.39 is 22.4 Å². The molecule has 2 aliphatic heterocycles. The van der Waals surface area contributed by atoms with Crippen molar-refractivity contribution >= 4 is 23.4 Å². The van der Waals surface area contributed by atoms with Gasteiger partial charge in [-0.05, 0) is 31.7 Å². The van der Waals surface area contributed by atoms with Crippen LogP contribution in [0.3, 0.4) is 0 Å².